The Morgan fingerprint density at radius 1 is 1.06 bits per heavy atom. The highest BCUT2D eigenvalue weighted by molar-refractivity contribution is 6.74. The largest absolute Gasteiger partial charge is 0.494 e. The Hall–Kier alpha value is -0.658. The molecule has 0 aromatic heterocycles. The van der Waals surface area contributed by atoms with Crippen LogP contribution in [0.3, 0.4) is 0 Å². The number of hydrogen-bond acceptors (Lipinski definition) is 4. The van der Waals surface area contributed by atoms with Crippen molar-refractivity contribution in [1.82, 2.24) is 5.32 Å². The zero-order valence-electron chi connectivity index (χ0n) is 21.1. The lowest BCUT2D eigenvalue weighted by Gasteiger charge is -2.37. The van der Waals surface area contributed by atoms with Gasteiger partial charge < -0.3 is 19.1 Å². The van der Waals surface area contributed by atoms with Crippen LogP contribution < -0.4 is 10.8 Å². The standard InChI is InChI=1S/C25H42BNO3Si/c1-22(2,3)31(8,9)28-15-14-21-25(16-19(25)17-27-21)18-10-12-20(13-11-18)26-29-23(4,5)24(6,7)30-26/h10-13,19,21,27H,14-17H2,1-9H3. The Balaban J connectivity index is 1.42. The van der Waals surface area contributed by atoms with Crippen LogP contribution in [0.25, 0.3) is 0 Å². The van der Waals surface area contributed by atoms with E-state index in [0.717, 1.165) is 31.0 Å². The zero-order valence-corrected chi connectivity index (χ0v) is 22.1. The van der Waals surface area contributed by atoms with Crippen LogP contribution in [0, 0.1) is 5.92 Å². The first-order valence-corrected chi connectivity index (χ1v) is 14.9. The van der Waals surface area contributed by atoms with E-state index in [0.29, 0.717) is 6.04 Å². The molecule has 2 aliphatic heterocycles. The van der Waals surface area contributed by atoms with Crippen molar-refractivity contribution in [2.75, 3.05) is 13.2 Å². The maximum absolute atomic E-state index is 6.49. The molecule has 1 aromatic carbocycles. The zero-order chi connectivity index (χ0) is 22.9. The number of hydrogen-bond donors (Lipinski definition) is 1. The molecule has 1 aromatic rings. The summed E-state index contributed by atoms with van der Waals surface area (Å²) in [6, 6.07) is 9.56. The van der Waals surface area contributed by atoms with Crippen LogP contribution in [-0.4, -0.2) is 45.8 Å². The van der Waals surface area contributed by atoms with Crippen LogP contribution in [0.1, 0.15) is 66.9 Å². The molecule has 3 atom stereocenters. The molecule has 3 fully saturated rings. The number of rotatable bonds is 6. The highest BCUT2D eigenvalue weighted by Gasteiger charge is 2.63. The van der Waals surface area contributed by atoms with E-state index in [2.05, 4.69) is 91.1 Å². The lowest BCUT2D eigenvalue weighted by Crippen LogP contribution is -2.43. The molecule has 2 heterocycles. The monoisotopic (exact) mass is 443 g/mol. The fourth-order valence-electron chi connectivity index (χ4n) is 4.99. The number of piperidine rings is 1. The van der Waals surface area contributed by atoms with Crippen molar-refractivity contribution in [3.8, 4) is 0 Å². The Bertz CT molecular complexity index is 801. The SMILES string of the molecule is CC1(C)OB(c2ccc(C34CC3CNC4CCO[Si](C)(C)C(C)(C)C)cc2)OC1(C)C. The van der Waals surface area contributed by atoms with Gasteiger partial charge in [0.15, 0.2) is 8.32 Å². The van der Waals surface area contributed by atoms with E-state index >= 15 is 0 Å². The minimum Gasteiger partial charge on any atom is -0.417 e. The molecule has 0 radical (unpaired) electrons. The predicted octanol–water partition coefficient (Wildman–Crippen LogP) is 4.63. The highest BCUT2D eigenvalue weighted by atomic mass is 28.4. The Labute approximate surface area is 191 Å². The molecule has 4 rings (SSSR count). The maximum atomic E-state index is 6.49. The number of fused-ring (bicyclic) bond motifs is 1. The molecule has 1 N–H and O–H groups in total. The Kier molecular flexibility index (Phi) is 5.63. The molecule has 3 unspecified atom stereocenters. The molecule has 172 valence electrons. The third-order valence-corrected chi connectivity index (χ3v) is 13.6. The third-order valence-electron chi connectivity index (χ3n) is 9.03. The van der Waals surface area contributed by atoms with E-state index in [1.165, 1.54) is 12.0 Å². The summed E-state index contributed by atoms with van der Waals surface area (Å²) in [5, 5.41) is 4.06. The molecule has 1 saturated carbocycles. The van der Waals surface area contributed by atoms with Crippen molar-refractivity contribution >= 4 is 20.9 Å². The average molecular weight is 444 g/mol. The van der Waals surface area contributed by atoms with E-state index in [1.54, 1.807) is 0 Å². The summed E-state index contributed by atoms with van der Waals surface area (Å²) < 4.78 is 19.0. The lowest BCUT2D eigenvalue weighted by molar-refractivity contribution is 0.00578. The topological polar surface area (TPSA) is 39.7 Å². The van der Waals surface area contributed by atoms with Gasteiger partial charge in [-0.25, -0.2) is 0 Å². The lowest BCUT2D eigenvalue weighted by atomic mass is 9.77. The van der Waals surface area contributed by atoms with Crippen molar-refractivity contribution in [2.45, 2.75) is 102 Å². The van der Waals surface area contributed by atoms with Crippen molar-refractivity contribution in [3.63, 3.8) is 0 Å². The molecule has 6 heteroatoms. The van der Waals surface area contributed by atoms with E-state index < -0.39 is 8.32 Å². The molecule has 0 bridgehead atoms. The van der Waals surface area contributed by atoms with Gasteiger partial charge >= 0.3 is 7.12 Å². The van der Waals surface area contributed by atoms with Crippen LogP contribution in [-0.2, 0) is 19.1 Å². The van der Waals surface area contributed by atoms with Gasteiger partial charge in [-0.2, -0.15) is 0 Å². The summed E-state index contributed by atoms with van der Waals surface area (Å²) in [4.78, 5) is 0. The van der Waals surface area contributed by atoms with Crippen LogP contribution >= 0.6 is 0 Å². The summed E-state index contributed by atoms with van der Waals surface area (Å²) in [6.45, 7) is 22.0. The van der Waals surface area contributed by atoms with E-state index in [-0.39, 0.29) is 28.8 Å². The smallest absolute Gasteiger partial charge is 0.417 e. The minimum atomic E-state index is -1.69. The Morgan fingerprint density at radius 2 is 1.65 bits per heavy atom. The molecule has 0 spiro atoms. The highest BCUT2D eigenvalue weighted by Crippen LogP contribution is 2.60. The molecule has 2 saturated heterocycles. The summed E-state index contributed by atoms with van der Waals surface area (Å²) in [5.74, 6) is 0.757. The normalized spacial score (nSPS) is 31.7. The third kappa shape index (κ3) is 3.97. The summed E-state index contributed by atoms with van der Waals surface area (Å²) in [7, 11) is -1.98. The summed E-state index contributed by atoms with van der Waals surface area (Å²) >= 11 is 0. The molecular weight excluding hydrogens is 401 g/mol. The van der Waals surface area contributed by atoms with Gasteiger partial charge in [-0.1, -0.05) is 45.0 Å². The average Bonchev–Trinajstić information content (AvgIpc) is 3.21. The van der Waals surface area contributed by atoms with E-state index in [4.69, 9.17) is 13.7 Å². The van der Waals surface area contributed by atoms with Gasteiger partial charge in [-0.05, 0) is 82.2 Å². The second-order valence-corrected chi connectivity index (χ2v) is 17.3. The van der Waals surface area contributed by atoms with Crippen molar-refractivity contribution in [1.29, 1.82) is 0 Å². The van der Waals surface area contributed by atoms with Gasteiger partial charge in [0, 0.05) is 18.1 Å². The minimum absolute atomic E-state index is 0.263. The van der Waals surface area contributed by atoms with Crippen molar-refractivity contribution in [3.05, 3.63) is 29.8 Å². The Morgan fingerprint density at radius 3 is 2.16 bits per heavy atom. The first kappa shape index (κ1) is 23.5. The van der Waals surface area contributed by atoms with Gasteiger partial charge in [0.2, 0.25) is 0 Å². The second kappa shape index (κ2) is 7.42. The molecule has 3 aliphatic rings. The van der Waals surface area contributed by atoms with Gasteiger partial charge in [-0.15, -0.1) is 0 Å². The molecule has 31 heavy (non-hydrogen) atoms. The van der Waals surface area contributed by atoms with Crippen LogP contribution in [0.2, 0.25) is 18.1 Å². The van der Waals surface area contributed by atoms with Crippen molar-refractivity contribution in [2.24, 2.45) is 5.92 Å². The first-order chi connectivity index (χ1) is 14.2. The summed E-state index contributed by atoms with van der Waals surface area (Å²) in [6.07, 6.45) is 2.38. The molecule has 1 aliphatic carbocycles. The maximum Gasteiger partial charge on any atom is 0.494 e. The molecule has 4 nitrogen and oxygen atoms in total. The number of nitrogens with one attached hydrogen (secondary N) is 1. The first-order valence-electron chi connectivity index (χ1n) is 12.0. The number of benzene rings is 1. The van der Waals surface area contributed by atoms with Crippen LogP contribution in [0.4, 0.5) is 0 Å². The van der Waals surface area contributed by atoms with Gasteiger partial charge in [0.1, 0.15) is 0 Å². The summed E-state index contributed by atoms with van der Waals surface area (Å²) in [5.41, 5.74) is 2.24. The van der Waals surface area contributed by atoms with Crippen molar-refractivity contribution < 1.29 is 13.7 Å². The quantitative estimate of drug-likeness (QED) is 0.651. The second-order valence-electron chi connectivity index (χ2n) is 12.5. The van der Waals surface area contributed by atoms with Gasteiger partial charge in [-0.3, -0.25) is 0 Å². The van der Waals surface area contributed by atoms with E-state index in [9.17, 15) is 0 Å². The molecule has 0 amide bonds. The van der Waals surface area contributed by atoms with E-state index in [1.807, 2.05) is 0 Å². The van der Waals surface area contributed by atoms with Gasteiger partial charge in [0.05, 0.1) is 11.2 Å². The van der Waals surface area contributed by atoms with Crippen LogP contribution in [0.5, 0.6) is 0 Å². The molecular formula is C25H42BNO3Si. The fraction of sp³-hybridized carbons (Fsp3) is 0.760. The fourth-order valence-corrected chi connectivity index (χ4v) is 6.05. The van der Waals surface area contributed by atoms with Crippen LogP contribution in [0.15, 0.2) is 24.3 Å². The van der Waals surface area contributed by atoms with Gasteiger partial charge in [0.25, 0.3) is 0 Å². The predicted molar refractivity (Wildman–Crippen MR) is 131 cm³/mol.